The molecule has 0 aromatic heterocycles. The van der Waals surface area contributed by atoms with Crippen molar-refractivity contribution >= 4 is 27.3 Å². The Kier molecular flexibility index (Phi) is 11.8. The number of halogens is 1. The average molecular weight is 404 g/mol. The Morgan fingerprint density at radius 3 is 2.08 bits per heavy atom. The highest BCUT2D eigenvalue weighted by Gasteiger charge is 2.11. The van der Waals surface area contributed by atoms with Gasteiger partial charge >= 0.3 is 0 Å². The molecular formula is C20H34ClNO3S. The minimum Gasteiger partial charge on any atom is -0.496 e. The molecule has 1 N–H and O–H groups in total. The number of hydrogen-bond donors (Lipinski definition) is 1. The number of nitrogens with one attached hydrogen (secondary N) is 1. The van der Waals surface area contributed by atoms with Gasteiger partial charge in [-0.1, -0.05) is 64.7 Å². The molecule has 4 nitrogen and oxygen atoms in total. The second-order valence-electron chi connectivity index (χ2n) is 6.76. The molecule has 0 amide bonds. The third-order valence-corrected chi connectivity index (χ3v) is 6.13. The van der Waals surface area contributed by atoms with E-state index in [0.717, 1.165) is 18.4 Å². The smallest absolute Gasteiger partial charge is 0.232 e. The molecule has 0 unspecified atom stereocenters. The zero-order valence-electron chi connectivity index (χ0n) is 16.2. The molecule has 6 heteroatoms. The van der Waals surface area contributed by atoms with Gasteiger partial charge in [-0.2, -0.15) is 0 Å². The van der Waals surface area contributed by atoms with Crippen molar-refractivity contribution in [1.82, 2.24) is 0 Å². The maximum absolute atomic E-state index is 12.2. The average Bonchev–Trinajstić information content (AvgIpc) is 2.62. The molecule has 26 heavy (non-hydrogen) atoms. The van der Waals surface area contributed by atoms with Crippen LogP contribution in [0.1, 0.15) is 76.7 Å². The van der Waals surface area contributed by atoms with Crippen molar-refractivity contribution in [2.24, 2.45) is 0 Å². The summed E-state index contributed by atoms with van der Waals surface area (Å²) in [5.74, 6) is 1.10. The molecule has 0 atom stereocenters. The third-order valence-electron chi connectivity index (χ3n) is 4.46. The third kappa shape index (κ3) is 9.67. The predicted octanol–water partition coefficient (Wildman–Crippen LogP) is 6.10. The van der Waals surface area contributed by atoms with Crippen molar-refractivity contribution in [3.05, 3.63) is 23.8 Å². The highest BCUT2D eigenvalue weighted by atomic mass is 35.5. The number of unbranched alkanes of at least 4 members (excludes halogenated alkanes) is 9. The summed E-state index contributed by atoms with van der Waals surface area (Å²) < 4.78 is 32.3. The normalized spacial score (nSPS) is 11.5. The molecule has 0 aliphatic carbocycles. The largest absolute Gasteiger partial charge is 0.496 e. The van der Waals surface area contributed by atoms with Crippen molar-refractivity contribution < 1.29 is 13.2 Å². The van der Waals surface area contributed by atoms with E-state index in [-0.39, 0.29) is 11.6 Å². The minimum atomic E-state index is -3.32. The number of anilines is 1. The Labute approximate surface area is 164 Å². The van der Waals surface area contributed by atoms with Gasteiger partial charge in [-0.15, -0.1) is 11.6 Å². The molecule has 0 fully saturated rings. The first-order chi connectivity index (χ1) is 12.5. The van der Waals surface area contributed by atoms with Crippen LogP contribution in [0.3, 0.4) is 0 Å². The summed E-state index contributed by atoms with van der Waals surface area (Å²) in [6.45, 7) is 2.23. The summed E-state index contributed by atoms with van der Waals surface area (Å²) in [4.78, 5) is 0. The van der Waals surface area contributed by atoms with Gasteiger partial charge in [-0.3, -0.25) is 4.72 Å². The number of alkyl halides is 1. The standard InChI is InChI=1S/C20H34ClNO3S/c1-3-4-5-6-7-8-9-10-11-12-15-26(23,24)22-19-13-14-20(25-2)18(16-19)17-21/h13-14,16,22H,3-12,15,17H2,1-2H3. The first-order valence-corrected chi connectivity index (χ1v) is 11.9. The Morgan fingerprint density at radius 1 is 0.962 bits per heavy atom. The van der Waals surface area contributed by atoms with Gasteiger partial charge in [0, 0.05) is 11.3 Å². The van der Waals surface area contributed by atoms with Crippen LogP contribution in [0.2, 0.25) is 0 Å². The fraction of sp³-hybridized carbons (Fsp3) is 0.700. The van der Waals surface area contributed by atoms with Crippen LogP contribution >= 0.6 is 11.6 Å². The van der Waals surface area contributed by atoms with E-state index in [2.05, 4.69) is 11.6 Å². The Morgan fingerprint density at radius 2 is 1.54 bits per heavy atom. The molecule has 1 aromatic rings. The van der Waals surface area contributed by atoms with Crippen LogP contribution in [0.15, 0.2) is 18.2 Å². The Hall–Kier alpha value is -0.940. The van der Waals surface area contributed by atoms with Crippen LogP contribution in [-0.4, -0.2) is 21.3 Å². The lowest BCUT2D eigenvalue weighted by Crippen LogP contribution is -2.16. The second-order valence-corrected chi connectivity index (χ2v) is 8.87. The van der Waals surface area contributed by atoms with E-state index in [9.17, 15) is 8.42 Å². The highest BCUT2D eigenvalue weighted by molar-refractivity contribution is 7.92. The number of benzene rings is 1. The van der Waals surface area contributed by atoms with Crippen molar-refractivity contribution in [1.29, 1.82) is 0 Å². The van der Waals surface area contributed by atoms with Gasteiger partial charge in [0.25, 0.3) is 0 Å². The van der Waals surface area contributed by atoms with E-state index in [1.54, 1.807) is 25.3 Å². The highest BCUT2D eigenvalue weighted by Crippen LogP contribution is 2.25. The minimum absolute atomic E-state index is 0.158. The summed E-state index contributed by atoms with van der Waals surface area (Å²) in [5, 5.41) is 0. The fourth-order valence-electron chi connectivity index (χ4n) is 2.96. The first kappa shape index (κ1) is 23.1. The molecule has 150 valence electrons. The van der Waals surface area contributed by atoms with Gasteiger partial charge in [-0.25, -0.2) is 8.42 Å². The van der Waals surface area contributed by atoms with Crippen LogP contribution < -0.4 is 9.46 Å². The Balaban J connectivity index is 2.24. The Bertz CT molecular complexity index is 605. The van der Waals surface area contributed by atoms with Crippen molar-refractivity contribution in [3.63, 3.8) is 0 Å². The summed E-state index contributed by atoms with van der Waals surface area (Å²) in [6.07, 6.45) is 11.9. The van der Waals surface area contributed by atoms with E-state index < -0.39 is 10.0 Å². The maximum atomic E-state index is 12.2. The second kappa shape index (κ2) is 13.3. The van der Waals surface area contributed by atoms with Crippen LogP contribution in [-0.2, 0) is 15.9 Å². The van der Waals surface area contributed by atoms with Gasteiger partial charge < -0.3 is 4.74 Å². The van der Waals surface area contributed by atoms with Gasteiger partial charge in [0.2, 0.25) is 10.0 Å². The summed E-state index contributed by atoms with van der Waals surface area (Å²) in [5.41, 5.74) is 1.31. The van der Waals surface area contributed by atoms with Crippen molar-refractivity contribution in [2.75, 3.05) is 17.6 Å². The zero-order valence-corrected chi connectivity index (χ0v) is 17.8. The first-order valence-electron chi connectivity index (χ1n) is 9.75. The van der Waals surface area contributed by atoms with E-state index in [1.807, 2.05) is 0 Å². The van der Waals surface area contributed by atoms with Crippen LogP contribution in [0.25, 0.3) is 0 Å². The number of hydrogen-bond acceptors (Lipinski definition) is 3. The van der Waals surface area contributed by atoms with Crippen LogP contribution in [0.5, 0.6) is 5.75 Å². The van der Waals surface area contributed by atoms with E-state index in [0.29, 0.717) is 17.9 Å². The van der Waals surface area contributed by atoms with Crippen molar-refractivity contribution in [2.45, 2.75) is 77.0 Å². The molecule has 0 bridgehead atoms. The molecule has 0 heterocycles. The molecule has 1 aromatic carbocycles. The lowest BCUT2D eigenvalue weighted by Gasteiger charge is -2.11. The van der Waals surface area contributed by atoms with Crippen LogP contribution in [0, 0.1) is 0 Å². The monoisotopic (exact) mass is 403 g/mol. The van der Waals surface area contributed by atoms with Crippen molar-refractivity contribution in [3.8, 4) is 5.75 Å². The van der Waals surface area contributed by atoms with Crippen LogP contribution in [0.4, 0.5) is 5.69 Å². The lowest BCUT2D eigenvalue weighted by atomic mass is 10.1. The number of methoxy groups -OCH3 is 1. The number of ether oxygens (including phenoxy) is 1. The van der Waals surface area contributed by atoms with E-state index in [4.69, 9.17) is 16.3 Å². The SMILES string of the molecule is CCCCCCCCCCCCS(=O)(=O)Nc1ccc(OC)c(CCl)c1. The lowest BCUT2D eigenvalue weighted by molar-refractivity contribution is 0.411. The molecule has 0 saturated heterocycles. The zero-order chi connectivity index (χ0) is 19.3. The molecule has 0 radical (unpaired) electrons. The molecule has 0 spiro atoms. The maximum Gasteiger partial charge on any atom is 0.232 e. The number of rotatable bonds is 15. The number of sulfonamides is 1. The van der Waals surface area contributed by atoms with Gasteiger partial charge in [0.15, 0.2) is 0 Å². The molecule has 0 aliphatic heterocycles. The summed E-state index contributed by atoms with van der Waals surface area (Å²) in [7, 11) is -1.75. The molecular weight excluding hydrogens is 370 g/mol. The van der Waals surface area contributed by atoms with Gasteiger partial charge in [0.05, 0.1) is 18.7 Å². The van der Waals surface area contributed by atoms with E-state index >= 15 is 0 Å². The quantitative estimate of drug-likeness (QED) is 0.284. The fourth-order valence-corrected chi connectivity index (χ4v) is 4.34. The van der Waals surface area contributed by atoms with Gasteiger partial charge in [-0.05, 0) is 24.6 Å². The molecule has 1 rings (SSSR count). The summed E-state index contributed by atoms with van der Waals surface area (Å²) >= 11 is 5.88. The summed E-state index contributed by atoms with van der Waals surface area (Å²) in [6, 6.07) is 5.16. The molecule has 0 saturated carbocycles. The predicted molar refractivity (Wildman–Crippen MR) is 112 cm³/mol. The molecule has 0 aliphatic rings. The topological polar surface area (TPSA) is 55.4 Å². The van der Waals surface area contributed by atoms with Gasteiger partial charge in [0.1, 0.15) is 5.75 Å². The van der Waals surface area contributed by atoms with E-state index in [1.165, 1.54) is 44.9 Å².